The number of nitrogens with zero attached hydrogens (tertiary/aromatic N) is 2. The lowest BCUT2D eigenvalue weighted by Crippen LogP contribution is -1.88. The Labute approximate surface area is 114 Å². The third-order valence-electron chi connectivity index (χ3n) is 2.97. The highest BCUT2D eigenvalue weighted by molar-refractivity contribution is 5.61. The number of aromatic hydroxyl groups is 1. The molecular weight excluding hydrogens is 259 g/mol. The summed E-state index contributed by atoms with van der Waals surface area (Å²) < 4.78 is 19.1. The van der Waals surface area contributed by atoms with Gasteiger partial charge in [0.2, 0.25) is 5.82 Å². The second-order valence-electron chi connectivity index (χ2n) is 4.41. The lowest BCUT2D eigenvalue weighted by molar-refractivity contribution is 0.429. The van der Waals surface area contributed by atoms with E-state index in [4.69, 9.17) is 4.52 Å². The monoisotopic (exact) mass is 270 g/mol. The molecule has 0 radical (unpaired) electrons. The minimum atomic E-state index is -0.367. The molecule has 5 heteroatoms. The Morgan fingerprint density at radius 1 is 1.10 bits per heavy atom. The molecule has 0 spiro atoms. The Hall–Kier alpha value is -2.69. The van der Waals surface area contributed by atoms with Crippen molar-refractivity contribution in [1.29, 1.82) is 0 Å². The molecule has 0 aliphatic carbocycles. The predicted octanol–water partition coefficient (Wildman–Crippen LogP) is 3.56. The molecule has 0 atom stereocenters. The fourth-order valence-corrected chi connectivity index (χ4v) is 1.87. The van der Waals surface area contributed by atoms with E-state index < -0.39 is 0 Å². The molecule has 0 aliphatic rings. The summed E-state index contributed by atoms with van der Waals surface area (Å²) in [6.45, 7) is 1.68. The molecule has 3 rings (SSSR count). The van der Waals surface area contributed by atoms with Gasteiger partial charge in [-0.2, -0.15) is 4.98 Å². The molecule has 100 valence electrons. The van der Waals surface area contributed by atoms with E-state index in [1.165, 1.54) is 12.1 Å². The Morgan fingerprint density at radius 2 is 1.85 bits per heavy atom. The smallest absolute Gasteiger partial charge is 0.261 e. The zero-order chi connectivity index (χ0) is 14.1. The molecule has 3 aromatic rings. The van der Waals surface area contributed by atoms with Gasteiger partial charge >= 0.3 is 0 Å². The van der Waals surface area contributed by atoms with Crippen molar-refractivity contribution in [3.63, 3.8) is 0 Å². The molecule has 1 aromatic heterocycles. The maximum Gasteiger partial charge on any atom is 0.261 e. The molecule has 0 saturated carbocycles. The maximum atomic E-state index is 14.0. The fourth-order valence-electron chi connectivity index (χ4n) is 1.87. The van der Waals surface area contributed by atoms with Gasteiger partial charge in [-0.25, -0.2) is 4.39 Å². The van der Waals surface area contributed by atoms with E-state index in [2.05, 4.69) is 10.1 Å². The summed E-state index contributed by atoms with van der Waals surface area (Å²) in [7, 11) is 0. The van der Waals surface area contributed by atoms with Gasteiger partial charge in [0.1, 0.15) is 11.6 Å². The van der Waals surface area contributed by atoms with E-state index in [0.717, 1.165) is 0 Å². The molecule has 1 heterocycles. The van der Waals surface area contributed by atoms with Crippen molar-refractivity contribution >= 4 is 0 Å². The average molecular weight is 270 g/mol. The first-order valence-corrected chi connectivity index (χ1v) is 6.04. The van der Waals surface area contributed by atoms with Crippen LogP contribution in [0.4, 0.5) is 4.39 Å². The number of phenolic OH excluding ortho intramolecular Hbond substituents is 1. The van der Waals surface area contributed by atoms with Crippen LogP contribution in [0, 0.1) is 12.7 Å². The largest absolute Gasteiger partial charge is 0.508 e. The fraction of sp³-hybridized carbons (Fsp3) is 0.0667. The van der Waals surface area contributed by atoms with Gasteiger partial charge in [0.15, 0.2) is 0 Å². The van der Waals surface area contributed by atoms with Gasteiger partial charge < -0.3 is 9.63 Å². The van der Waals surface area contributed by atoms with Crippen molar-refractivity contribution in [3.8, 4) is 28.6 Å². The topological polar surface area (TPSA) is 59.2 Å². The molecular formula is C15H11FN2O2. The number of benzene rings is 2. The minimum Gasteiger partial charge on any atom is -0.508 e. The van der Waals surface area contributed by atoms with E-state index >= 15 is 0 Å². The highest BCUT2D eigenvalue weighted by Gasteiger charge is 2.15. The molecule has 2 aromatic carbocycles. The lowest BCUT2D eigenvalue weighted by atomic mass is 10.1. The van der Waals surface area contributed by atoms with Crippen LogP contribution in [0.15, 0.2) is 47.0 Å². The summed E-state index contributed by atoms with van der Waals surface area (Å²) in [6, 6.07) is 11.4. The van der Waals surface area contributed by atoms with Gasteiger partial charge in [-0.05, 0) is 42.8 Å². The summed E-state index contributed by atoms with van der Waals surface area (Å²) in [6.07, 6.45) is 0. The summed E-state index contributed by atoms with van der Waals surface area (Å²) in [4.78, 5) is 4.18. The van der Waals surface area contributed by atoms with E-state index in [1.54, 1.807) is 37.3 Å². The number of phenols is 1. The molecule has 1 N–H and O–H groups in total. The highest BCUT2D eigenvalue weighted by atomic mass is 19.1. The van der Waals surface area contributed by atoms with E-state index in [1.807, 2.05) is 0 Å². The van der Waals surface area contributed by atoms with Crippen LogP contribution in [0.3, 0.4) is 0 Å². The van der Waals surface area contributed by atoms with Gasteiger partial charge in [0.05, 0.1) is 5.56 Å². The van der Waals surface area contributed by atoms with Crippen molar-refractivity contribution in [2.24, 2.45) is 0 Å². The molecule has 0 fully saturated rings. The molecule has 20 heavy (non-hydrogen) atoms. The minimum absolute atomic E-state index is 0.134. The highest BCUT2D eigenvalue weighted by Crippen LogP contribution is 2.26. The van der Waals surface area contributed by atoms with Crippen LogP contribution in [0.5, 0.6) is 5.75 Å². The van der Waals surface area contributed by atoms with Crippen LogP contribution in [0.1, 0.15) is 5.56 Å². The first-order chi connectivity index (χ1) is 9.65. The van der Waals surface area contributed by atoms with Crippen LogP contribution in [-0.2, 0) is 0 Å². The lowest BCUT2D eigenvalue weighted by Gasteiger charge is -1.99. The number of aryl methyl sites for hydroxylation is 1. The number of hydrogen-bond donors (Lipinski definition) is 1. The van der Waals surface area contributed by atoms with E-state index in [-0.39, 0.29) is 23.0 Å². The van der Waals surface area contributed by atoms with Gasteiger partial charge in [-0.3, -0.25) is 0 Å². The SMILES string of the molecule is Cc1cccc(-c2nc(-c3ccc(O)cc3)no2)c1F. The normalized spacial score (nSPS) is 10.7. The van der Waals surface area contributed by atoms with Crippen LogP contribution in [-0.4, -0.2) is 15.2 Å². The number of hydrogen-bond acceptors (Lipinski definition) is 4. The third-order valence-corrected chi connectivity index (χ3v) is 2.97. The molecule has 0 unspecified atom stereocenters. The standard InChI is InChI=1S/C15H11FN2O2/c1-9-3-2-4-12(13(9)16)15-17-14(18-20-15)10-5-7-11(19)8-6-10/h2-8,19H,1H3. The average Bonchev–Trinajstić information content (AvgIpc) is 2.92. The van der Waals surface area contributed by atoms with Gasteiger partial charge in [-0.15, -0.1) is 0 Å². The quantitative estimate of drug-likeness (QED) is 0.773. The molecule has 0 aliphatic heterocycles. The number of rotatable bonds is 2. The van der Waals surface area contributed by atoms with Gasteiger partial charge in [0.25, 0.3) is 5.89 Å². The van der Waals surface area contributed by atoms with Crippen molar-refractivity contribution < 1.29 is 14.0 Å². The van der Waals surface area contributed by atoms with Crippen molar-refractivity contribution in [2.45, 2.75) is 6.92 Å². The zero-order valence-corrected chi connectivity index (χ0v) is 10.7. The van der Waals surface area contributed by atoms with E-state index in [9.17, 15) is 9.50 Å². The first-order valence-electron chi connectivity index (χ1n) is 6.04. The molecule has 0 amide bonds. The number of aromatic nitrogens is 2. The van der Waals surface area contributed by atoms with E-state index in [0.29, 0.717) is 17.0 Å². The second-order valence-corrected chi connectivity index (χ2v) is 4.41. The zero-order valence-electron chi connectivity index (χ0n) is 10.7. The van der Waals surface area contributed by atoms with Gasteiger partial charge in [-0.1, -0.05) is 17.3 Å². The molecule has 4 nitrogen and oxygen atoms in total. The summed E-state index contributed by atoms with van der Waals surface area (Å²) >= 11 is 0. The van der Waals surface area contributed by atoms with Crippen LogP contribution < -0.4 is 0 Å². The Morgan fingerprint density at radius 3 is 2.60 bits per heavy atom. The third kappa shape index (κ3) is 2.14. The Bertz CT molecular complexity index is 751. The summed E-state index contributed by atoms with van der Waals surface area (Å²) in [5, 5.41) is 13.1. The first kappa shape index (κ1) is 12.3. The number of halogens is 1. The maximum absolute atomic E-state index is 14.0. The molecule has 0 bridgehead atoms. The summed E-state index contributed by atoms with van der Waals surface area (Å²) in [5.41, 5.74) is 1.49. The van der Waals surface area contributed by atoms with Crippen molar-refractivity contribution in [3.05, 3.63) is 53.8 Å². The molecule has 0 saturated heterocycles. The van der Waals surface area contributed by atoms with Crippen molar-refractivity contribution in [1.82, 2.24) is 10.1 Å². The van der Waals surface area contributed by atoms with Crippen LogP contribution in [0.25, 0.3) is 22.8 Å². The Balaban J connectivity index is 2.02. The van der Waals surface area contributed by atoms with Crippen LogP contribution >= 0.6 is 0 Å². The summed E-state index contributed by atoms with van der Waals surface area (Å²) in [5.74, 6) is 0.269. The van der Waals surface area contributed by atoms with Crippen LogP contribution in [0.2, 0.25) is 0 Å². The Kier molecular flexibility index (Phi) is 2.95. The predicted molar refractivity (Wildman–Crippen MR) is 71.5 cm³/mol. The van der Waals surface area contributed by atoms with Crippen molar-refractivity contribution in [2.75, 3.05) is 0 Å². The second kappa shape index (κ2) is 4.77. The van der Waals surface area contributed by atoms with Gasteiger partial charge in [0, 0.05) is 5.56 Å².